The van der Waals surface area contributed by atoms with E-state index in [1.165, 1.54) is 32.4 Å². The number of anilines is 3. The number of pyridine rings is 1. The molecule has 9 nitrogen and oxygen atoms in total. The fourth-order valence-electron chi connectivity index (χ4n) is 3.97. The standard InChI is InChI=1S/C26H19Cl2FN6O3/c1-4-20(36)32-17-10-14(29)5-6-16(17)33-26-31-12-13-9-15(25-30-7-8-35(25)24(13)34-26)21-22(27)18(37-2)11-19(38-3)23(21)28/h4-12H,1H2,2-3H3,(H,32,36)(H,31,33,34). The third-order valence-corrected chi connectivity index (χ3v) is 6.47. The molecule has 3 aromatic heterocycles. The molecule has 0 unspecified atom stereocenters. The minimum Gasteiger partial charge on any atom is -0.495 e. The summed E-state index contributed by atoms with van der Waals surface area (Å²) in [5, 5.41) is 6.84. The van der Waals surface area contributed by atoms with Crippen molar-refractivity contribution in [3.63, 3.8) is 0 Å². The maximum atomic E-state index is 13.8. The van der Waals surface area contributed by atoms with E-state index in [1.807, 2.05) is 6.07 Å². The molecule has 0 aliphatic rings. The summed E-state index contributed by atoms with van der Waals surface area (Å²) in [6.45, 7) is 3.42. The summed E-state index contributed by atoms with van der Waals surface area (Å²) in [5.74, 6) is -0.0184. The number of aromatic nitrogens is 4. The van der Waals surface area contributed by atoms with Gasteiger partial charge in [0, 0.05) is 41.2 Å². The number of carbonyl (C=O) groups excluding carboxylic acids is 1. The molecular weight excluding hydrogens is 534 g/mol. The third kappa shape index (κ3) is 4.44. The minimum absolute atomic E-state index is 0.206. The first-order valence-electron chi connectivity index (χ1n) is 11.1. The van der Waals surface area contributed by atoms with Crippen LogP contribution >= 0.6 is 23.2 Å². The van der Waals surface area contributed by atoms with Crippen LogP contribution in [0.5, 0.6) is 11.5 Å². The number of hydrogen-bond acceptors (Lipinski definition) is 7. The second-order valence-electron chi connectivity index (χ2n) is 7.94. The maximum Gasteiger partial charge on any atom is 0.247 e. The number of halogens is 3. The topological polar surface area (TPSA) is 103 Å². The minimum atomic E-state index is -0.520. The molecule has 0 saturated carbocycles. The van der Waals surface area contributed by atoms with Crippen LogP contribution in [0.2, 0.25) is 10.0 Å². The fraction of sp³-hybridized carbons (Fsp3) is 0.0769. The van der Waals surface area contributed by atoms with Crippen LogP contribution < -0.4 is 20.1 Å². The molecule has 192 valence electrons. The van der Waals surface area contributed by atoms with Crippen LogP contribution in [-0.4, -0.2) is 39.5 Å². The van der Waals surface area contributed by atoms with Crippen LogP contribution in [0.25, 0.3) is 27.8 Å². The van der Waals surface area contributed by atoms with E-state index in [1.54, 1.807) is 29.1 Å². The Morgan fingerprint density at radius 2 is 1.79 bits per heavy atom. The normalized spacial score (nSPS) is 11.0. The van der Waals surface area contributed by atoms with Crippen molar-refractivity contribution < 1.29 is 18.7 Å². The Morgan fingerprint density at radius 3 is 2.47 bits per heavy atom. The zero-order chi connectivity index (χ0) is 27.0. The number of benzene rings is 2. The van der Waals surface area contributed by atoms with Crippen LogP contribution in [-0.2, 0) is 4.79 Å². The molecule has 5 rings (SSSR count). The number of ether oxygens (including phenoxy) is 2. The van der Waals surface area contributed by atoms with Crippen LogP contribution in [0.4, 0.5) is 21.7 Å². The molecule has 0 spiro atoms. The van der Waals surface area contributed by atoms with Gasteiger partial charge in [-0.25, -0.2) is 14.4 Å². The highest BCUT2D eigenvalue weighted by molar-refractivity contribution is 6.41. The highest BCUT2D eigenvalue weighted by atomic mass is 35.5. The molecule has 0 bridgehead atoms. The second-order valence-corrected chi connectivity index (χ2v) is 8.70. The average molecular weight is 553 g/mol. The van der Waals surface area contributed by atoms with Gasteiger partial charge in [-0.05, 0) is 30.3 Å². The molecule has 2 N–H and O–H groups in total. The van der Waals surface area contributed by atoms with E-state index >= 15 is 0 Å². The lowest BCUT2D eigenvalue weighted by molar-refractivity contribution is -0.111. The molecule has 0 atom stereocenters. The number of fused-ring (bicyclic) bond motifs is 3. The molecule has 5 aromatic rings. The van der Waals surface area contributed by atoms with Gasteiger partial charge < -0.3 is 20.1 Å². The van der Waals surface area contributed by atoms with Gasteiger partial charge in [0.25, 0.3) is 0 Å². The summed E-state index contributed by atoms with van der Waals surface area (Å²) in [6.07, 6.45) is 6.06. The van der Waals surface area contributed by atoms with E-state index in [0.717, 1.165) is 6.08 Å². The maximum absolute atomic E-state index is 13.8. The van der Waals surface area contributed by atoms with Crippen molar-refractivity contribution in [3.8, 4) is 22.6 Å². The molecule has 3 heterocycles. The van der Waals surface area contributed by atoms with Gasteiger partial charge in [-0.15, -0.1) is 0 Å². The smallest absolute Gasteiger partial charge is 0.247 e. The molecule has 38 heavy (non-hydrogen) atoms. The Hall–Kier alpha value is -4.41. The monoisotopic (exact) mass is 552 g/mol. The molecule has 0 radical (unpaired) electrons. The average Bonchev–Trinajstić information content (AvgIpc) is 3.41. The molecule has 0 aliphatic heterocycles. The number of imidazole rings is 1. The Bertz CT molecular complexity index is 1710. The highest BCUT2D eigenvalue weighted by Gasteiger charge is 2.22. The van der Waals surface area contributed by atoms with Crippen molar-refractivity contribution >= 4 is 63.1 Å². The van der Waals surface area contributed by atoms with Crippen LogP contribution in [0.15, 0.2) is 61.6 Å². The number of hydrogen-bond donors (Lipinski definition) is 2. The summed E-state index contributed by atoms with van der Waals surface area (Å²) in [7, 11) is 3.00. The SMILES string of the molecule is C=CC(=O)Nc1cc(F)ccc1Nc1ncc2cc(-c3c(Cl)c(OC)cc(OC)c3Cl)c3nccn3c2n1. The number of methoxy groups -OCH3 is 2. The summed E-state index contributed by atoms with van der Waals surface area (Å²) >= 11 is 13.4. The Labute approximate surface area is 225 Å². The first-order valence-corrected chi connectivity index (χ1v) is 11.8. The van der Waals surface area contributed by atoms with Gasteiger partial charge in [0.1, 0.15) is 23.0 Å². The summed E-state index contributed by atoms with van der Waals surface area (Å²) in [5.41, 5.74) is 2.76. The van der Waals surface area contributed by atoms with Gasteiger partial charge in [0.2, 0.25) is 11.9 Å². The van der Waals surface area contributed by atoms with Crippen LogP contribution in [0.3, 0.4) is 0 Å². The lowest BCUT2D eigenvalue weighted by Crippen LogP contribution is -2.10. The molecule has 2 aromatic carbocycles. The molecule has 1 amide bonds. The highest BCUT2D eigenvalue weighted by Crippen LogP contribution is 2.47. The van der Waals surface area contributed by atoms with Gasteiger partial charge in [0.05, 0.1) is 35.6 Å². The van der Waals surface area contributed by atoms with Gasteiger partial charge in [-0.3, -0.25) is 9.20 Å². The van der Waals surface area contributed by atoms with Crippen molar-refractivity contribution in [1.29, 1.82) is 0 Å². The number of carbonyl (C=O) groups is 1. The van der Waals surface area contributed by atoms with Crippen molar-refractivity contribution in [2.24, 2.45) is 0 Å². The van der Waals surface area contributed by atoms with Gasteiger partial charge in [-0.1, -0.05) is 29.8 Å². The Balaban J connectivity index is 1.64. The van der Waals surface area contributed by atoms with Crippen LogP contribution in [0.1, 0.15) is 0 Å². The van der Waals surface area contributed by atoms with Crippen molar-refractivity contribution in [3.05, 3.63) is 77.4 Å². The first kappa shape index (κ1) is 25.2. The molecule has 0 aliphatic carbocycles. The quantitative estimate of drug-likeness (QED) is 0.229. The zero-order valence-corrected chi connectivity index (χ0v) is 21.6. The number of nitrogens with one attached hydrogen (secondary N) is 2. The van der Waals surface area contributed by atoms with Gasteiger partial charge in [-0.2, -0.15) is 4.98 Å². The zero-order valence-electron chi connectivity index (χ0n) is 20.1. The molecule has 0 saturated heterocycles. The third-order valence-electron chi connectivity index (χ3n) is 5.72. The lowest BCUT2D eigenvalue weighted by atomic mass is 10.0. The lowest BCUT2D eigenvalue weighted by Gasteiger charge is -2.16. The fourth-order valence-corrected chi connectivity index (χ4v) is 4.67. The molecule has 12 heteroatoms. The van der Waals surface area contributed by atoms with Crippen LogP contribution in [0, 0.1) is 5.82 Å². The van der Waals surface area contributed by atoms with E-state index in [9.17, 15) is 9.18 Å². The predicted molar refractivity (Wildman–Crippen MR) is 145 cm³/mol. The van der Waals surface area contributed by atoms with Crippen molar-refractivity contribution in [2.75, 3.05) is 24.9 Å². The Kier molecular flexibility index (Phi) is 6.75. The molecule has 0 fully saturated rings. The predicted octanol–water partition coefficient (Wildman–Crippen LogP) is 6.28. The summed E-state index contributed by atoms with van der Waals surface area (Å²) in [6, 6.07) is 7.34. The van der Waals surface area contributed by atoms with Crippen molar-refractivity contribution in [1.82, 2.24) is 19.4 Å². The largest absolute Gasteiger partial charge is 0.495 e. The first-order chi connectivity index (χ1) is 18.3. The number of amides is 1. The summed E-state index contributed by atoms with van der Waals surface area (Å²) < 4.78 is 26.4. The van der Waals surface area contributed by atoms with E-state index in [2.05, 4.69) is 32.2 Å². The van der Waals surface area contributed by atoms with Gasteiger partial charge >= 0.3 is 0 Å². The van der Waals surface area contributed by atoms with E-state index in [0.29, 0.717) is 55.0 Å². The van der Waals surface area contributed by atoms with Crippen molar-refractivity contribution in [2.45, 2.75) is 0 Å². The van der Waals surface area contributed by atoms with Gasteiger partial charge in [0.15, 0.2) is 5.65 Å². The Morgan fingerprint density at radius 1 is 1.05 bits per heavy atom. The number of nitrogens with zero attached hydrogens (tertiary/aromatic N) is 4. The number of rotatable bonds is 7. The second kappa shape index (κ2) is 10.2. The van der Waals surface area contributed by atoms with E-state index in [4.69, 9.17) is 32.7 Å². The summed E-state index contributed by atoms with van der Waals surface area (Å²) in [4.78, 5) is 25.4. The van der Waals surface area contributed by atoms with E-state index < -0.39 is 11.7 Å². The van der Waals surface area contributed by atoms with E-state index in [-0.39, 0.29) is 11.6 Å². The molecular formula is C26H19Cl2FN6O3.